The molecule has 1 aromatic rings. The molecule has 5 nitrogen and oxygen atoms in total. The molecule has 1 atom stereocenters. The Morgan fingerprint density at radius 1 is 1.43 bits per heavy atom. The van der Waals surface area contributed by atoms with Crippen LogP contribution >= 0.6 is 27.5 Å². The molecule has 1 heterocycles. The second-order valence-corrected chi connectivity index (χ2v) is 6.19. The highest BCUT2D eigenvalue weighted by atomic mass is 79.9. The minimum absolute atomic E-state index is 0.162. The molecule has 1 saturated heterocycles. The largest absolute Gasteiger partial charge is 0.482 e. The summed E-state index contributed by atoms with van der Waals surface area (Å²) in [6.45, 7) is 0.370. The number of nitrogens with two attached hydrogens (primary N) is 1. The van der Waals surface area contributed by atoms with E-state index < -0.39 is 11.9 Å². The highest BCUT2D eigenvalue weighted by molar-refractivity contribution is 9.10. The second kappa shape index (κ2) is 7.13. The summed E-state index contributed by atoms with van der Waals surface area (Å²) in [5.74, 6) is -0.289. The molecule has 2 N–H and O–H groups in total. The average molecular weight is 376 g/mol. The average Bonchev–Trinajstić information content (AvgIpc) is 2.46. The first-order valence-electron chi connectivity index (χ1n) is 6.65. The number of carbonyl (C=O) groups excluding carboxylic acids is 2. The summed E-state index contributed by atoms with van der Waals surface area (Å²) in [6.07, 6.45) is 2.38. The molecular weight excluding hydrogens is 360 g/mol. The van der Waals surface area contributed by atoms with E-state index in [0.29, 0.717) is 23.7 Å². The van der Waals surface area contributed by atoms with Crippen molar-refractivity contribution in [3.63, 3.8) is 0 Å². The Kier molecular flexibility index (Phi) is 5.47. The van der Waals surface area contributed by atoms with E-state index in [0.717, 1.165) is 17.3 Å². The predicted molar refractivity (Wildman–Crippen MR) is 83.2 cm³/mol. The van der Waals surface area contributed by atoms with E-state index in [2.05, 4.69) is 15.9 Å². The van der Waals surface area contributed by atoms with E-state index in [9.17, 15) is 9.59 Å². The van der Waals surface area contributed by atoms with Crippen LogP contribution in [0.4, 0.5) is 0 Å². The fourth-order valence-corrected chi connectivity index (χ4v) is 3.07. The first kappa shape index (κ1) is 16.1. The number of ether oxygens (including phenoxy) is 1. The molecule has 1 aliphatic rings. The van der Waals surface area contributed by atoms with E-state index in [-0.39, 0.29) is 12.5 Å². The fourth-order valence-electron chi connectivity index (χ4n) is 2.34. The van der Waals surface area contributed by atoms with Crippen molar-refractivity contribution in [2.24, 2.45) is 5.73 Å². The highest BCUT2D eigenvalue weighted by Crippen LogP contribution is 2.28. The molecule has 0 aliphatic carbocycles. The third-order valence-corrected chi connectivity index (χ3v) is 4.19. The lowest BCUT2D eigenvalue weighted by molar-refractivity contribution is -0.142. The number of rotatable bonds is 4. The lowest BCUT2D eigenvalue weighted by Crippen LogP contribution is -2.51. The normalized spacial score (nSPS) is 18.4. The predicted octanol–water partition coefficient (Wildman–Crippen LogP) is 2.35. The number of piperidine rings is 1. The molecule has 2 amide bonds. The number of amides is 2. The zero-order valence-electron chi connectivity index (χ0n) is 11.4. The molecule has 7 heteroatoms. The van der Waals surface area contributed by atoms with Gasteiger partial charge in [-0.25, -0.2) is 0 Å². The first-order chi connectivity index (χ1) is 9.99. The van der Waals surface area contributed by atoms with Gasteiger partial charge in [0.15, 0.2) is 6.61 Å². The van der Waals surface area contributed by atoms with Gasteiger partial charge in [-0.1, -0.05) is 27.5 Å². The third kappa shape index (κ3) is 4.11. The van der Waals surface area contributed by atoms with Crippen molar-refractivity contribution in [1.82, 2.24) is 4.90 Å². The Balaban J connectivity index is 1.98. The van der Waals surface area contributed by atoms with Crippen molar-refractivity contribution in [2.75, 3.05) is 13.2 Å². The molecule has 1 aromatic carbocycles. The number of halogens is 2. The van der Waals surface area contributed by atoms with Gasteiger partial charge in [0.05, 0.1) is 5.02 Å². The molecule has 114 valence electrons. The quantitative estimate of drug-likeness (QED) is 0.878. The Morgan fingerprint density at radius 3 is 2.86 bits per heavy atom. The van der Waals surface area contributed by atoms with Gasteiger partial charge in [0.1, 0.15) is 11.8 Å². The molecule has 1 aliphatic heterocycles. The molecule has 0 spiro atoms. The number of primary amides is 1. The van der Waals surface area contributed by atoms with Crippen LogP contribution in [0.3, 0.4) is 0 Å². The molecule has 1 fully saturated rings. The van der Waals surface area contributed by atoms with E-state index in [1.54, 1.807) is 18.2 Å². The van der Waals surface area contributed by atoms with Crippen molar-refractivity contribution in [1.29, 1.82) is 0 Å². The van der Waals surface area contributed by atoms with Crippen molar-refractivity contribution in [3.05, 3.63) is 27.7 Å². The smallest absolute Gasteiger partial charge is 0.261 e. The molecule has 2 rings (SSSR count). The molecule has 0 bridgehead atoms. The Labute approximate surface area is 136 Å². The SMILES string of the molecule is NC(=O)[C@H]1CCCCN1C(=O)COc1ccc(Br)cc1Cl. The zero-order chi connectivity index (χ0) is 15.4. The topological polar surface area (TPSA) is 72.6 Å². The van der Waals surface area contributed by atoms with Crippen LogP contribution in [0.5, 0.6) is 5.75 Å². The first-order valence-corrected chi connectivity index (χ1v) is 7.83. The highest BCUT2D eigenvalue weighted by Gasteiger charge is 2.30. The molecule has 0 unspecified atom stereocenters. The van der Waals surface area contributed by atoms with E-state index >= 15 is 0 Å². The number of benzene rings is 1. The van der Waals surface area contributed by atoms with Crippen LogP contribution in [-0.2, 0) is 9.59 Å². The summed E-state index contributed by atoms with van der Waals surface area (Å²) in [5, 5.41) is 0.419. The fraction of sp³-hybridized carbons (Fsp3) is 0.429. The Hall–Kier alpha value is -1.27. The summed E-state index contributed by atoms with van der Waals surface area (Å²) in [5.41, 5.74) is 5.34. The number of hydrogen-bond donors (Lipinski definition) is 1. The van der Waals surface area contributed by atoms with Crippen molar-refractivity contribution in [3.8, 4) is 5.75 Å². The second-order valence-electron chi connectivity index (χ2n) is 4.86. The van der Waals surface area contributed by atoms with Crippen LogP contribution in [0.15, 0.2) is 22.7 Å². The van der Waals surface area contributed by atoms with Crippen molar-refractivity contribution in [2.45, 2.75) is 25.3 Å². The Bertz CT molecular complexity index is 553. The maximum atomic E-state index is 12.2. The maximum Gasteiger partial charge on any atom is 0.261 e. The number of carbonyl (C=O) groups is 2. The summed E-state index contributed by atoms with van der Waals surface area (Å²) in [6, 6.07) is 4.62. The lowest BCUT2D eigenvalue weighted by atomic mass is 10.0. The number of hydrogen-bond acceptors (Lipinski definition) is 3. The maximum absolute atomic E-state index is 12.2. The van der Waals surface area contributed by atoms with Gasteiger partial charge in [-0.2, -0.15) is 0 Å². The number of nitrogens with zero attached hydrogens (tertiary/aromatic N) is 1. The summed E-state index contributed by atoms with van der Waals surface area (Å²) < 4.78 is 6.27. The molecule has 0 aromatic heterocycles. The van der Waals surface area contributed by atoms with Gasteiger partial charge in [0.2, 0.25) is 5.91 Å². The van der Waals surface area contributed by atoms with Crippen LogP contribution in [-0.4, -0.2) is 35.9 Å². The molecular formula is C14H16BrClN2O3. The van der Waals surface area contributed by atoms with Gasteiger partial charge in [-0.3, -0.25) is 9.59 Å². The van der Waals surface area contributed by atoms with Gasteiger partial charge >= 0.3 is 0 Å². The van der Waals surface area contributed by atoms with E-state index in [1.807, 2.05) is 0 Å². The van der Waals surface area contributed by atoms with Gasteiger partial charge in [0, 0.05) is 11.0 Å². The minimum atomic E-state index is -0.532. The summed E-state index contributed by atoms with van der Waals surface area (Å²) in [4.78, 5) is 25.1. The monoisotopic (exact) mass is 374 g/mol. The van der Waals surface area contributed by atoms with E-state index in [4.69, 9.17) is 22.1 Å². The number of likely N-dealkylation sites (tertiary alicyclic amines) is 1. The van der Waals surface area contributed by atoms with Gasteiger partial charge in [-0.15, -0.1) is 0 Å². The van der Waals surface area contributed by atoms with Gasteiger partial charge in [-0.05, 0) is 37.5 Å². The van der Waals surface area contributed by atoms with E-state index in [1.165, 1.54) is 4.90 Å². The van der Waals surface area contributed by atoms with Crippen molar-refractivity contribution >= 4 is 39.3 Å². The van der Waals surface area contributed by atoms with Crippen LogP contribution in [0.2, 0.25) is 5.02 Å². The molecule has 21 heavy (non-hydrogen) atoms. The van der Waals surface area contributed by atoms with Crippen molar-refractivity contribution < 1.29 is 14.3 Å². The van der Waals surface area contributed by atoms with Gasteiger partial charge in [0.25, 0.3) is 5.91 Å². The summed E-state index contributed by atoms with van der Waals surface area (Å²) in [7, 11) is 0. The molecule has 0 radical (unpaired) electrons. The van der Waals surface area contributed by atoms with Crippen LogP contribution in [0, 0.1) is 0 Å². The zero-order valence-corrected chi connectivity index (χ0v) is 13.7. The minimum Gasteiger partial charge on any atom is -0.482 e. The lowest BCUT2D eigenvalue weighted by Gasteiger charge is -2.33. The van der Waals surface area contributed by atoms with Crippen LogP contribution < -0.4 is 10.5 Å². The van der Waals surface area contributed by atoms with Gasteiger partial charge < -0.3 is 15.4 Å². The summed E-state index contributed by atoms with van der Waals surface area (Å²) >= 11 is 9.32. The molecule has 0 saturated carbocycles. The Morgan fingerprint density at radius 2 is 2.19 bits per heavy atom. The standard InChI is InChI=1S/C14H16BrClN2O3/c15-9-4-5-12(10(16)7-9)21-8-13(19)18-6-2-1-3-11(18)14(17)20/h4-5,7,11H,1-3,6,8H2,(H2,17,20)/t11-/m1/s1. The van der Waals surface area contributed by atoms with Crippen LogP contribution in [0.25, 0.3) is 0 Å². The van der Waals surface area contributed by atoms with Crippen LogP contribution in [0.1, 0.15) is 19.3 Å². The third-order valence-electron chi connectivity index (χ3n) is 3.40.